The van der Waals surface area contributed by atoms with Gasteiger partial charge in [-0.2, -0.15) is 0 Å². The number of benzene rings is 2. The topological polar surface area (TPSA) is 106 Å². The van der Waals surface area contributed by atoms with Crippen LogP contribution >= 0.6 is 0 Å². The number of rotatable bonds is 8. The highest BCUT2D eigenvalue weighted by Gasteiger charge is 2.32. The van der Waals surface area contributed by atoms with E-state index in [2.05, 4.69) is 74.1 Å². The van der Waals surface area contributed by atoms with Gasteiger partial charge in [0.1, 0.15) is 6.34 Å². The number of nitrogens with zero attached hydrogens (tertiary/aromatic N) is 6. The third-order valence-electron chi connectivity index (χ3n) is 9.97. The molecule has 0 spiro atoms. The Hall–Kier alpha value is -5.64. The number of hydrogen-bond donors (Lipinski definition) is 2. The summed E-state index contributed by atoms with van der Waals surface area (Å²) in [6.45, 7) is 2.12. The van der Waals surface area contributed by atoms with Crippen molar-refractivity contribution >= 4 is 58.5 Å². The Bertz CT molecular complexity index is 1940. The van der Waals surface area contributed by atoms with E-state index in [1.807, 2.05) is 29.2 Å². The van der Waals surface area contributed by atoms with E-state index in [4.69, 9.17) is 18.8 Å². The van der Waals surface area contributed by atoms with Gasteiger partial charge in [-0.05, 0) is 92.1 Å². The first-order valence-electron chi connectivity index (χ1n) is 17.4. The molecule has 2 aromatic carbocycles. The maximum atomic E-state index is 5.72. The van der Waals surface area contributed by atoms with Gasteiger partial charge in [0, 0.05) is 42.0 Å². The van der Waals surface area contributed by atoms with Crippen LogP contribution in [0.4, 0.5) is 28.8 Å². The van der Waals surface area contributed by atoms with Gasteiger partial charge in [-0.1, -0.05) is 31.4 Å². The summed E-state index contributed by atoms with van der Waals surface area (Å²) < 4.78 is 11.4. The summed E-state index contributed by atoms with van der Waals surface area (Å²) in [5, 5.41) is 7.05. The van der Waals surface area contributed by atoms with Crippen molar-refractivity contribution in [1.82, 2.24) is 4.90 Å². The first kappa shape index (κ1) is 29.5. The molecule has 246 valence electrons. The third-order valence-corrected chi connectivity index (χ3v) is 9.97. The van der Waals surface area contributed by atoms with E-state index in [0.29, 0.717) is 29.6 Å². The van der Waals surface area contributed by atoms with E-state index >= 15 is 0 Å². The SMILES string of the molecule is C1=NC2=NC(c3ccc(N4CCCCC4)cc3Nc3ccco3)=CC3=CC(c4ccc(C5CCCCC5)cc4Nc4ccco4)=NC(=N1)N32. The summed E-state index contributed by atoms with van der Waals surface area (Å²) >= 11 is 0. The van der Waals surface area contributed by atoms with Crippen LogP contribution < -0.4 is 15.5 Å². The van der Waals surface area contributed by atoms with Crippen LogP contribution in [0, 0.1) is 0 Å². The molecule has 10 heteroatoms. The number of nitrogens with one attached hydrogen (secondary N) is 2. The molecule has 6 heterocycles. The standard InChI is InChI=1S/C39H38N8O2/c1-3-9-26(10-4-1)27-13-15-30(32(21-27)42-36-11-7-19-48-36)34-23-29-24-35(45-39-41-25-40-38(44-34)47(29)39)31-16-14-28(46-17-5-2-6-18-46)22-33(31)43-37-12-8-20-49-37/h7-8,11-16,19-26,42-43H,1-6,9-10,17-18H2. The van der Waals surface area contributed by atoms with Crippen molar-refractivity contribution in [3.05, 3.63) is 108 Å². The van der Waals surface area contributed by atoms with Crippen molar-refractivity contribution in [2.75, 3.05) is 28.6 Å². The van der Waals surface area contributed by atoms with E-state index in [9.17, 15) is 0 Å². The fourth-order valence-corrected chi connectivity index (χ4v) is 7.48. The van der Waals surface area contributed by atoms with Gasteiger partial charge in [0.25, 0.3) is 0 Å². The van der Waals surface area contributed by atoms with Crippen molar-refractivity contribution in [2.45, 2.75) is 57.3 Å². The zero-order chi connectivity index (χ0) is 32.6. The first-order valence-corrected chi connectivity index (χ1v) is 17.4. The lowest BCUT2D eigenvalue weighted by Crippen LogP contribution is -2.40. The Morgan fingerprint density at radius 2 is 1.43 bits per heavy atom. The molecule has 0 radical (unpaired) electrons. The van der Waals surface area contributed by atoms with Crippen molar-refractivity contribution in [1.29, 1.82) is 0 Å². The second-order valence-corrected chi connectivity index (χ2v) is 13.1. The molecule has 0 atom stereocenters. The van der Waals surface area contributed by atoms with Gasteiger partial charge in [0.2, 0.25) is 11.9 Å². The molecule has 0 bridgehead atoms. The van der Waals surface area contributed by atoms with Crippen molar-refractivity contribution in [3.8, 4) is 0 Å². The molecule has 0 amide bonds. The zero-order valence-electron chi connectivity index (χ0n) is 27.3. The van der Waals surface area contributed by atoms with Crippen LogP contribution in [0.3, 0.4) is 0 Å². The highest BCUT2D eigenvalue weighted by atomic mass is 16.3. The average Bonchev–Trinajstić information content (AvgIpc) is 3.87. The minimum Gasteiger partial charge on any atom is -0.449 e. The molecule has 10 nitrogen and oxygen atoms in total. The molecule has 0 unspecified atom stereocenters. The maximum Gasteiger partial charge on any atom is 0.239 e. The van der Waals surface area contributed by atoms with Gasteiger partial charge in [0.15, 0.2) is 11.8 Å². The van der Waals surface area contributed by atoms with Gasteiger partial charge in [0.05, 0.1) is 41.0 Å². The molecule has 1 aliphatic carbocycles. The van der Waals surface area contributed by atoms with E-state index in [1.54, 1.807) is 12.5 Å². The normalized spacial score (nSPS) is 19.0. The fraction of sp³-hybridized carbons (Fsp3) is 0.282. The number of guanidine groups is 2. The van der Waals surface area contributed by atoms with Crippen molar-refractivity contribution < 1.29 is 8.83 Å². The largest absolute Gasteiger partial charge is 0.449 e. The Kier molecular flexibility index (Phi) is 7.68. The summed E-state index contributed by atoms with van der Waals surface area (Å²) in [6.07, 6.45) is 19.1. The van der Waals surface area contributed by atoms with E-state index in [0.717, 1.165) is 52.7 Å². The highest BCUT2D eigenvalue weighted by molar-refractivity contribution is 6.24. The Labute approximate surface area is 285 Å². The second-order valence-electron chi connectivity index (χ2n) is 13.1. The summed E-state index contributed by atoms with van der Waals surface area (Å²) in [5.41, 5.74) is 8.82. The number of allylic oxidation sites excluding steroid dienone is 2. The number of anilines is 5. The lowest BCUT2D eigenvalue weighted by molar-refractivity contribution is 0.443. The summed E-state index contributed by atoms with van der Waals surface area (Å²) in [7, 11) is 0. The van der Waals surface area contributed by atoms with Gasteiger partial charge in [-0.3, -0.25) is 0 Å². The lowest BCUT2D eigenvalue weighted by Gasteiger charge is -2.32. The lowest BCUT2D eigenvalue weighted by atomic mass is 9.83. The molecule has 4 aromatic rings. The molecular formula is C39H38N8O2. The Morgan fingerprint density at radius 3 is 2.18 bits per heavy atom. The molecule has 2 aromatic heterocycles. The van der Waals surface area contributed by atoms with Crippen molar-refractivity contribution in [3.63, 3.8) is 0 Å². The maximum absolute atomic E-state index is 5.72. The van der Waals surface area contributed by atoms with E-state index in [-0.39, 0.29) is 0 Å². The van der Waals surface area contributed by atoms with Gasteiger partial charge in [-0.15, -0.1) is 0 Å². The minimum atomic E-state index is 0.530. The average molecular weight is 651 g/mol. The van der Waals surface area contributed by atoms with Crippen LogP contribution in [0.1, 0.15) is 74.0 Å². The fourth-order valence-electron chi connectivity index (χ4n) is 7.48. The predicted octanol–water partition coefficient (Wildman–Crippen LogP) is 9.20. The summed E-state index contributed by atoms with van der Waals surface area (Å²) in [5.74, 6) is 2.99. The van der Waals surface area contributed by atoms with Gasteiger partial charge >= 0.3 is 0 Å². The van der Waals surface area contributed by atoms with Crippen LogP contribution in [0.5, 0.6) is 0 Å². The van der Waals surface area contributed by atoms with Gasteiger partial charge < -0.3 is 24.4 Å². The molecule has 1 saturated carbocycles. The van der Waals surface area contributed by atoms with E-state index < -0.39 is 0 Å². The quantitative estimate of drug-likeness (QED) is 0.197. The number of hydrogen-bond acceptors (Lipinski definition) is 10. The van der Waals surface area contributed by atoms with Crippen LogP contribution in [0.25, 0.3) is 5.70 Å². The monoisotopic (exact) mass is 650 g/mol. The first-order chi connectivity index (χ1) is 24.2. The number of furan rings is 2. The minimum absolute atomic E-state index is 0.530. The molecule has 4 aliphatic heterocycles. The molecule has 9 rings (SSSR count). The molecule has 2 fully saturated rings. The smallest absolute Gasteiger partial charge is 0.239 e. The number of aliphatic imine (C=N–C) groups is 4. The summed E-state index contributed by atoms with van der Waals surface area (Å²) in [4.78, 5) is 23.6. The summed E-state index contributed by atoms with van der Waals surface area (Å²) in [6, 6.07) is 20.9. The van der Waals surface area contributed by atoms with Crippen LogP contribution in [0.15, 0.2) is 120 Å². The molecule has 1 saturated heterocycles. The van der Waals surface area contributed by atoms with Gasteiger partial charge in [-0.25, -0.2) is 24.9 Å². The third kappa shape index (κ3) is 5.88. The second kappa shape index (κ2) is 12.8. The van der Waals surface area contributed by atoms with Crippen LogP contribution in [-0.4, -0.2) is 42.0 Å². The molecule has 2 N–H and O–H groups in total. The molecule has 5 aliphatic rings. The van der Waals surface area contributed by atoms with Crippen molar-refractivity contribution in [2.24, 2.45) is 20.0 Å². The van der Waals surface area contributed by atoms with Crippen LogP contribution in [0.2, 0.25) is 0 Å². The molecular weight excluding hydrogens is 612 g/mol. The Balaban J connectivity index is 1.12. The van der Waals surface area contributed by atoms with E-state index in [1.165, 1.54) is 69.0 Å². The predicted molar refractivity (Wildman–Crippen MR) is 197 cm³/mol. The number of piperidine rings is 1. The molecule has 49 heavy (non-hydrogen) atoms. The highest BCUT2D eigenvalue weighted by Crippen LogP contribution is 2.39. The Morgan fingerprint density at radius 1 is 0.694 bits per heavy atom. The van der Waals surface area contributed by atoms with Crippen LogP contribution in [-0.2, 0) is 0 Å². The zero-order valence-corrected chi connectivity index (χ0v) is 27.3.